The molecule has 0 aliphatic carbocycles. The van der Waals surface area contributed by atoms with Gasteiger partial charge in [0.05, 0.1) is 11.7 Å². The highest BCUT2D eigenvalue weighted by molar-refractivity contribution is 9.10. The molecule has 2 aromatic heterocycles. The molecule has 1 saturated heterocycles. The Hall–Kier alpha value is -2.18. The SMILES string of the molecule is CC(C)N1C(=S)N[C@@H](c2ccccn2)[C@@H]1c1ccc(-c2ccc(Br)cc2)o1. The first-order valence-corrected chi connectivity index (χ1v) is 10.1. The van der Waals surface area contributed by atoms with Gasteiger partial charge in [0, 0.05) is 22.3 Å². The van der Waals surface area contributed by atoms with E-state index in [9.17, 15) is 0 Å². The second-order valence-electron chi connectivity index (χ2n) is 6.84. The molecular weight excluding hydrogens is 422 g/mol. The van der Waals surface area contributed by atoms with Crippen molar-refractivity contribution in [2.24, 2.45) is 0 Å². The summed E-state index contributed by atoms with van der Waals surface area (Å²) in [6.45, 7) is 4.28. The Morgan fingerprint density at radius 1 is 1.11 bits per heavy atom. The molecule has 1 aromatic carbocycles. The van der Waals surface area contributed by atoms with Gasteiger partial charge in [-0.25, -0.2) is 0 Å². The first-order valence-electron chi connectivity index (χ1n) is 8.90. The molecule has 4 nitrogen and oxygen atoms in total. The van der Waals surface area contributed by atoms with Gasteiger partial charge in [-0.2, -0.15) is 0 Å². The Balaban J connectivity index is 1.74. The molecule has 0 bridgehead atoms. The van der Waals surface area contributed by atoms with Gasteiger partial charge < -0.3 is 14.6 Å². The lowest BCUT2D eigenvalue weighted by molar-refractivity contribution is 0.237. The Morgan fingerprint density at radius 3 is 2.56 bits per heavy atom. The van der Waals surface area contributed by atoms with E-state index in [1.807, 2.05) is 60.8 Å². The predicted octanol–water partition coefficient (Wildman–Crippen LogP) is 5.49. The maximum absolute atomic E-state index is 6.29. The van der Waals surface area contributed by atoms with Crippen LogP contribution in [0.1, 0.15) is 37.4 Å². The van der Waals surface area contributed by atoms with E-state index in [0.717, 1.165) is 32.4 Å². The molecule has 1 fully saturated rings. The van der Waals surface area contributed by atoms with E-state index in [4.69, 9.17) is 16.6 Å². The van der Waals surface area contributed by atoms with E-state index in [-0.39, 0.29) is 18.1 Å². The average molecular weight is 442 g/mol. The van der Waals surface area contributed by atoms with Crippen molar-refractivity contribution in [1.29, 1.82) is 0 Å². The van der Waals surface area contributed by atoms with E-state index in [0.29, 0.717) is 0 Å². The Morgan fingerprint density at radius 2 is 1.89 bits per heavy atom. The van der Waals surface area contributed by atoms with Gasteiger partial charge in [-0.1, -0.05) is 34.1 Å². The molecule has 1 aliphatic heterocycles. The monoisotopic (exact) mass is 441 g/mol. The maximum atomic E-state index is 6.29. The van der Waals surface area contributed by atoms with Crippen LogP contribution in [0.2, 0.25) is 0 Å². The molecule has 27 heavy (non-hydrogen) atoms. The molecule has 0 unspecified atom stereocenters. The summed E-state index contributed by atoms with van der Waals surface area (Å²) in [6.07, 6.45) is 1.81. The van der Waals surface area contributed by atoms with E-state index in [1.54, 1.807) is 0 Å². The van der Waals surface area contributed by atoms with E-state index >= 15 is 0 Å². The van der Waals surface area contributed by atoms with Gasteiger partial charge in [0.15, 0.2) is 5.11 Å². The largest absolute Gasteiger partial charge is 0.459 e. The summed E-state index contributed by atoms with van der Waals surface area (Å²) in [5.41, 5.74) is 2.00. The number of hydrogen-bond acceptors (Lipinski definition) is 3. The molecule has 2 atom stereocenters. The number of pyridine rings is 1. The second kappa shape index (κ2) is 7.44. The number of nitrogens with one attached hydrogen (secondary N) is 1. The first-order chi connectivity index (χ1) is 13.0. The van der Waals surface area contributed by atoms with Crippen molar-refractivity contribution in [3.8, 4) is 11.3 Å². The number of hydrogen-bond donors (Lipinski definition) is 1. The highest BCUT2D eigenvalue weighted by Gasteiger charge is 2.42. The average Bonchev–Trinajstić information content (AvgIpc) is 3.27. The van der Waals surface area contributed by atoms with Gasteiger partial charge in [0.2, 0.25) is 0 Å². The number of aromatic nitrogens is 1. The van der Waals surface area contributed by atoms with E-state index in [2.05, 4.69) is 45.0 Å². The summed E-state index contributed by atoms with van der Waals surface area (Å²) < 4.78 is 7.34. The van der Waals surface area contributed by atoms with Gasteiger partial charge in [0.25, 0.3) is 0 Å². The first kappa shape index (κ1) is 18.2. The van der Waals surface area contributed by atoms with E-state index in [1.165, 1.54) is 0 Å². The zero-order chi connectivity index (χ0) is 19.0. The highest BCUT2D eigenvalue weighted by Crippen LogP contribution is 2.41. The van der Waals surface area contributed by atoms with Crippen molar-refractivity contribution >= 4 is 33.3 Å². The van der Waals surface area contributed by atoms with Crippen LogP contribution < -0.4 is 5.32 Å². The van der Waals surface area contributed by atoms with Gasteiger partial charge in [-0.15, -0.1) is 0 Å². The van der Waals surface area contributed by atoms with Gasteiger partial charge in [-0.05, 0) is 62.5 Å². The van der Waals surface area contributed by atoms with Crippen molar-refractivity contribution in [2.75, 3.05) is 0 Å². The van der Waals surface area contributed by atoms with Crippen molar-refractivity contribution < 1.29 is 4.42 Å². The highest BCUT2D eigenvalue weighted by atomic mass is 79.9. The minimum absolute atomic E-state index is 0.0448. The normalized spacial score (nSPS) is 19.6. The number of nitrogens with zero attached hydrogens (tertiary/aromatic N) is 2. The summed E-state index contributed by atoms with van der Waals surface area (Å²) in [6, 6.07) is 18.3. The standard InChI is InChI=1S/C21H20BrN3OS/c1-13(2)25-20(19(24-21(25)27)16-5-3-4-12-23-16)18-11-10-17(26-18)14-6-8-15(22)9-7-14/h3-13,19-20H,1-2H3,(H,24,27)/t19-,20-/m0/s1. The molecular formula is C21H20BrN3OS. The molecule has 0 radical (unpaired) electrons. The lowest BCUT2D eigenvalue weighted by atomic mass is 10.0. The van der Waals surface area contributed by atoms with Crippen LogP contribution in [-0.4, -0.2) is 21.0 Å². The summed E-state index contributed by atoms with van der Waals surface area (Å²) in [7, 11) is 0. The second-order valence-corrected chi connectivity index (χ2v) is 8.14. The topological polar surface area (TPSA) is 41.3 Å². The number of benzene rings is 1. The molecule has 0 saturated carbocycles. The van der Waals surface area contributed by atoms with Crippen molar-refractivity contribution in [2.45, 2.75) is 32.0 Å². The van der Waals surface area contributed by atoms with Crippen LogP contribution in [0.3, 0.4) is 0 Å². The summed E-state index contributed by atoms with van der Waals surface area (Å²) in [5.74, 6) is 1.73. The molecule has 1 N–H and O–H groups in total. The number of halogens is 1. The molecule has 0 amide bonds. The van der Waals surface area contributed by atoms with Crippen LogP contribution in [0, 0.1) is 0 Å². The van der Waals surface area contributed by atoms with Crippen molar-refractivity contribution in [3.05, 3.63) is 76.7 Å². The van der Waals surface area contributed by atoms with Gasteiger partial charge >= 0.3 is 0 Å². The van der Waals surface area contributed by atoms with Crippen LogP contribution in [0.5, 0.6) is 0 Å². The van der Waals surface area contributed by atoms with Crippen molar-refractivity contribution in [3.63, 3.8) is 0 Å². The Kier molecular flexibility index (Phi) is 5.02. The number of rotatable bonds is 4. The van der Waals surface area contributed by atoms with Gasteiger partial charge in [-0.3, -0.25) is 4.98 Å². The number of thiocarbonyl (C=S) groups is 1. The zero-order valence-electron chi connectivity index (χ0n) is 15.1. The summed E-state index contributed by atoms with van der Waals surface area (Å²) in [4.78, 5) is 6.74. The minimum atomic E-state index is -0.0509. The van der Waals surface area contributed by atoms with Crippen LogP contribution in [0.25, 0.3) is 11.3 Å². The van der Waals surface area contributed by atoms with Crippen LogP contribution in [0.15, 0.2) is 69.7 Å². The predicted molar refractivity (Wildman–Crippen MR) is 114 cm³/mol. The third-order valence-electron chi connectivity index (χ3n) is 4.74. The maximum Gasteiger partial charge on any atom is 0.170 e. The molecule has 1 aliphatic rings. The lowest BCUT2D eigenvalue weighted by Gasteiger charge is -2.29. The van der Waals surface area contributed by atoms with E-state index < -0.39 is 0 Å². The molecule has 3 aromatic rings. The number of furan rings is 1. The zero-order valence-corrected chi connectivity index (χ0v) is 17.5. The molecule has 4 rings (SSSR count). The summed E-state index contributed by atoms with van der Waals surface area (Å²) >= 11 is 9.10. The minimum Gasteiger partial charge on any atom is -0.459 e. The molecule has 138 valence electrons. The van der Waals surface area contributed by atoms with Crippen LogP contribution in [0.4, 0.5) is 0 Å². The van der Waals surface area contributed by atoms with Gasteiger partial charge in [0.1, 0.15) is 17.6 Å². The van der Waals surface area contributed by atoms with Crippen molar-refractivity contribution in [1.82, 2.24) is 15.2 Å². The molecule has 3 heterocycles. The fourth-order valence-corrected chi connectivity index (χ4v) is 4.22. The third-order valence-corrected chi connectivity index (χ3v) is 5.60. The van der Waals surface area contributed by atoms with Crippen LogP contribution >= 0.6 is 28.1 Å². The summed E-state index contributed by atoms with van der Waals surface area (Å²) in [5, 5.41) is 4.16. The Bertz CT molecular complexity index is 940. The quantitative estimate of drug-likeness (QED) is 0.542. The molecule has 6 heteroatoms. The molecule has 0 spiro atoms. The lowest BCUT2D eigenvalue weighted by Crippen LogP contribution is -2.35. The smallest absolute Gasteiger partial charge is 0.170 e. The van der Waals surface area contributed by atoms with Crippen LogP contribution in [-0.2, 0) is 0 Å². The fourth-order valence-electron chi connectivity index (χ4n) is 3.51. The fraction of sp³-hybridized carbons (Fsp3) is 0.238. The Labute approximate surface area is 172 Å². The third kappa shape index (κ3) is 3.51.